The molecule has 27 heavy (non-hydrogen) atoms. The van der Waals surface area contributed by atoms with Crippen LogP contribution >= 0.6 is 0 Å². The average molecular weight is 362 g/mol. The fourth-order valence-electron chi connectivity index (χ4n) is 2.97. The van der Waals surface area contributed by atoms with Gasteiger partial charge in [0, 0.05) is 13.5 Å². The molecule has 8 nitrogen and oxygen atoms in total. The van der Waals surface area contributed by atoms with Gasteiger partial charge in [-0.05, 0) is 29.8 Å². The van der Waals surface area contributed by atoms with Gasteiger partial charge in [0.15, 0.2) is 17.3 Å². The van der Waals surface area contributed by atoms with Crippen molar-refractivity contribution in [2.24, 2.45) is 0 Å². The van der Waals surface area contributed by atoms with Crippen molar-refractivity contribution in [3.8, 4) is 17.3 Å². The number of fused-ring (bicyclic) bond motifs is 1. The fraction of sp³-hybridized carbons (Fsp3) is 0.158. The van der Waals surface area contributed by atoms with Crippen LogP contribution in [0.15, 0.2) is 48.5 Å². The molecule has 4 aromatic rings. The molecular formula is C19H18N6O2. The van der Waals surface area contributed by atoms with Crippen molar-refractivity contribution < 1.29 is 9.53 Å². The van der Waals surface area contributed by atoms with Crippen molar-refractivity contribution >= 4 is 22.8 Å². The predicted molar refractivity (Wildman–Crippen MR) is 102 cm³/mol. The van der Waals surface area contributed by atoms with Gasteiger partial charge in [-0.25, -0.2) is 4.98 Å². The zero-order valence-electron chi connectivity index (χ0n) is 14.9. The Morgan fingerprint density at radius 2 is 1.93 bits per heavy atom. The van der Waals surface area contributed by atoms with Crippen LogP contribution in [0.1, 0.15) is 12.5 Å². The van der Waals surface area contributed by atoms with Crippen molar-refractivity contribution in [3.05, 3.63) is 54.1 Å². The molecule has 0 unspecified atom stereocenters. The van der Waals surface area contributed by atoms with Gasteiger partial charge in [0.05, 0.1) is 18.1 Å². The molecule has 0 spiro atoms. The van der Waals surface area contributed by atoms with Gasteiger partial charge in [0.2, 0.25) is 5.91 Å². The molecule has 8 heteroatoms. The summed E-state index contributed by atoms with van der Waals surface area (Å²) in [4.78, 5) is 16.2. The number of amides is 1. The number of imidazole rings is 1. The maximum absolute atomic E-state index is 11.5. The summed E-state index contributed by atoms with van der Waals surface area (Å²) < 4.78 is 7.28. The Bertz CT molecular complexity index is 1100. The van der Waals surface area contributed by atoms with Crippen LogP contribution in [0.2, 0.25) is 0 Å². The van der Waals surface area contributed by atoms with Gasteiger partial charge in [-0.15, -0.1) is 5.10 Å². The van der Waals surface area contributed by atoms with Gasteiger partial charge in [-0.2, -0.15) is 10.3 Å². The first-order valence-corrected chi connectivity index (χ1v) is 8.42. The van der Waals surface area contributed by atoms with Crippen LogP contribution < -0.4 is 10.1 Å². The number of hydrogen-bond donors (Lipinski definition) is 2. The Balaban J connectivity index is 1.82. The molecule has 0 atom stereocenters. The lowest BCUT2D eigenvalue weighted by Gasteiger charge is -2.10. The number of ether oxygens (including phenoxy) is 1. The van der Waals surface area contributed by atoms with Crippen LogP contribution in [0.25, 0.3) is 22.6 Å². The number of anilines is 1. The van der Waals surface area contributed by atoms with Crippen molar-refractivity contribution in [3.63, 3.8) is 0 Å². The second-order valence-corrected chi connectivity index (χ2v) is 6.06. The quantitative estimate of drug-likeness (QED) is 0.569. The molecule has 2 aromatic heterocycles. The second-order valence-electron chi connectivity index (χ2n) is 6.06. The van der Waals surface area contributed by atoms with Crippen LogP contribution in [0, 0.1) is 0 Å². The van der Waals surface area contributed by atoms with E-state index in [0.717, 1.165) is 22.3 Å². The third-order valence-corrected chi connectivity index (χ3v) is 4.21. The van der Waals surface area contributed by atoms with E-state index in [2.05, 4.69) is 25.3 Å². The second kappa shape index (κ2) is 6.91. The number of para-hydroxylation sites is 2. The molecule has 0 bridgehead atoms. The molecule has 0 radical (unpaired) electrons. The molecule has 0 fully saturated rings. The monoisotopic (exact) mass is 362 g/mol. The number of carbonyl (C=O) groups excluding carboxylic acids is 1. The van der Waals surface area contributed by atoms with E-state index in [1.165, 1.54) is 6.92 Å². The molecule has 136 valence electrons. The Kier molecular flexibility index (Phi) is 4.29. The first-order chi connectivity index (χ1) is 13.2. The van der Waals surface area contributed by atoms with E-state index in [1.54, 1.807) is 7.11 Å². The van der Waals surface area contributed by atoms with E-state index in [9.17, 15) is 4.79 Å². The summed E-state index contributed by atoms with van der Waals surface area (Å²) in [5, 5.41) is 13.5. The van der Waals surface area contributed by atoms with Gasteiger partial charge in [-0.3, -0.25) is 4.79 Å². The Morgan fingerprint density at radius 3 is 2.67 bits per heavy atom. The average Bonchev–Trinajstić information content (AvgIpc) is 3.26. The molecule has 0 aliphatic carbocycles. The smallest absolute Gasteiger partial charge is 0.222 e. The summed E-state index contributed by atoms with van der Waals surface area (Å²) in [6.45, 7) is 2.02. The minimum Gasteiger partial charge on any atom is -0.497 e. The minimum atomic E-state index is -0.219. The minimum absolute atomic E-state index is 0.219. The zero-order valence-corrected chi connectivity index (χ0v) is 14.9. The van der Waals surface area contributed by atoms with Crippen LogP contribution in [-0.4, -0.2) is 38.0 Å². The Morgan fingerprint density at radius 1 is 1.15 bits per heavy atom. The lowest BCUT2D eigenvalue weighted by molar-refractivity contribution is -0.114. The highest BCUT2D eigenvalue weighted by Gasteiger charge is 2.20. The van der Waals surface area contributed by atoms with E-state index in [4.69, 9.17) is 9.72 Å². The maximum Gasteiger partial charge on any atom is 0.222 e. The zero-order chi connectivity index (χ0) is 18.8. The number of methoxy groups -OCH3 is 1. The van der Waals surface area contributed by atoms with Crippen LogP contribution in [0.4, 0.5) is 5.82 Å². The molecule has 4 rings (SSSR count). The molecule has 2 N–H and O–H groups in total. The lowest BCUT2D eigenvalue weighted by Crippen LogP contribution is -2.09. The number of nitrogens with one attached hydrogen (secondary N) is 2. The number of aromatic amines is 1. The number of aromatic nitrogens is 5. The van der Waals surface area contributed by atoms with E-state index in [1.807, 2.05) is 48.5 Å². The van der Waals surface area contributed by atoms with Gasteiger partial charge >= 0.3 is 0 Å². The Hall–Kier alpha value is -3.68. The summed E-state index contributed by atoms with van der Waals surface area (Å²) in [5.74, 6) is 1.57. The SMILES string of the molecule is COc1ccc(Cn2c(-c3n[nH]nc3NC(C)=O)nc3ccccc32)cc1. The molecule has 0 aliphatic heterocycles. The highest BCUT2D eigenvalue weighted by molar-refractivity contribution is 5.91. The maximum atomic E-state index is 11.5. The molecule has 1 amide bonds. The fourth-order valence-corrected chi connectivity index (χ4v) is 2.97. The lowest BCUT2D eigenvalue weighted by atomic mass is 10.2. The molecule has 0 saturated carbocycles. The standard InChI is InChI=1S/C19H18N6O2/c1-12(26)20-18-17(22-24-23-18)19-21-15-5-3-4-6-16(15)25(19)11-13-7-9-14(27-2)10-8-13/h3-10H,11H2,1-2H3,(H2,20,22,23,24,26). The van der Waals surface area contributed by atoms with E-state index in [0.29, 0.717) is 23.9 Å². The number of hydrogen-bond acceptors (Lipinski definition) is 5. The van der Waals surface area contributed by atoms with Crippen LogP contribution in [-0.2, 0) is 11.3 Å². The number of H-pyrrole nitrogens is 1. The van der Waals surface area contributed by atoms with Crippen molar-refractivity contribution in [1.29, 1.82) is 0 Å². The van der Waals surface area contributed by atoms with Crippen LogP contribution in [0.3, 0.4) is 0 Å². The van der Waals surface area contributed by atoms with Crippen LogP contribution in [0.5, 0.6) is 5.75 Å². The highest BCUT2D eigenvalue weighted by Crippen LogP contribution is 2.28. The first-order valence-electron chi connectivity index (χ1n) is 8.42. The van der Waals surface area contributed by atoms with E-state index < -0.39 is 0 Å². The van der Waals surface area contributed by atoms with Crippen molar-refractivity contribution in [1.82, 2.24) is 25.0 Å². The normalized spacial score (nSPS) is 10.9. The third kappa shape index (κ3) is 3.24. The van der Waals surface area contributed by atoms with E-state index >= 15 is 0 Å². The molecule has 2 heterocycles. The number of nitrogens with zero attached hydrogens (tertiary/aromatic N) is 4. The number of benzene rings is 2. The van der Waals surface area contributed by atoms with Gasteiger partial charge in [0.25, 0.3) is 0 Å². The van der Waals surface area contributed by atoms with Gasteiger partial charge in [-0.1, -0.05) is 24.3 Å². The van der Waals surface area contributed by atoms with Crippen molar-refractivity contribution in [2.45, 2.75) is 13.5 Å². The molecule has 0 aliphatic rings. The summed E-state index contributed by atoms with van der Waals surface area (Å²) in [6, 6.07) is 15.7. The van der Waals surface area contributed by atoms with E-state index in [-0.39, 0.29) is 5.91 Å². The summed E-state index contributed by atoms with van der Waals surface area (Å²) in [6.07, 6.45) is 0. The largest absolute Gasteiger partial charge is 0.497 e. The number of carbonyl (C=O) groups is 1. The van der Waals surface area contributed by atoms with Gasteiger partial charge < -0.3 is 14.6 Å². The molecule has 0 saturated heterocycles. The molecular weight excluding hydrogens is 344 g/mol. The summed E-state index contributed by atoms with van der Waals surface area (Å²) in [7, 11) is 1.64. The van der Waals surface area contributed by atoms with Crippen molar-refractivity contribution in [2.75, 3.05) is 12.4 Å². The van der Waals surface area contributed by atoms with Gasteiger partial charge in [0.1, 0.15) is 5.75 Å². The summed E-state index contributed by atoms with van der Waals surface area (Å²) in [5.41, 5.74) is 3.40. The highest BCUT2D eigenvalue weighted by atomic mass is 16.5. The third-order valence-electron chi connectivity index (χ3n) is 4.21. The molecule has 2 aromatic carbocycles. The first kappa shape index (κ1) is 16.8. The Labute approximate surface area is 155 Å². The topological polar surface area (TPSA) is 97.7 Å². The number of rotatable bonds is 5. The predicted octanol–water partition coefficient (Wildman–Crippen LogP) is 2.84. The summed E-state index contributed by atoms with van der Waals surface area (Å²) >= 11 is 0.